The average molecular weight is 270 g/mol. The van der Waals surface area contributed by atoms with Crippen LogP contribution in [-0.4, -0.2) is 36.0 Å². The topological polar surface area (TPSA) is 32.3 Å². The first-order valence-electron chi connectivity index (χ1n) is 7.83. The third-order valence-corrected chi connectivity index (χ3v) is 5.22. The number of likely N-dealkylation sites (tertiary alicyclic amines) is 1. The van der Waals surface area contributed by atoms with Crippen molar-refractivity contribution in [3.8, 4) is 0 Å². The van der Waals surface area contributed by atoms with Gasteiger partial charge >= 0.3 is 0 Å². The highest BCUT2D eigenvalue weighted by Gasteiger charge is 2.55. The van der Waals surface area contributed by atoms with Crippen molar-refractivity contribution in [1.82, 2.24) is 10.2 Å². The van der Waals surface area contributed by atoms with Crippen LogP contribution in [-0.2, 0) is 10.2 Å². The van der Waals surface area contributed by atoms with Crippen LogP contribution in [0.15, 0.2) is 30.3 Å². The fraction of sp³-hybridized carbons (Fsp3) is 0.588. The molecule has 3 fully saturated rings. The zero-order chi connectivity index (χ0) is 13.6. The molecular formula is C17H22N2O. The van der Waals surface area contributed by atoms with Crippen molar-refractivity contribution in [1.29, 1.82) is 0 Å². The van der Waals surface area contributed by atoms with Gasteiger partial charge in [-0.3, -0.25) is 4.79 Å². The number of nitrogens with zero attached hydrogens (tertiary/aromatic N) is 1. The Balaban J connectivity index is 1.45. The van der Waals surface area contributed by atoms with E-state index < -0.39 is 0 Å². The van der Waals surface area contributed by atoms with Gasteiger partial charge in [0.2, 0.25) is 5.91 Å². The van der Waals surface area contributed by atoms with Gasteiger partial charge in [0.15, 0.2) is 0 Å². The maximum atomic E-state index is 12.7. The van der Waals surface area contributed by atoms with Crippen molar-refractivity contribution in [2.75, 3.05) is 19.6 Å². The van der Waals surface area contributed by atoms with Crippen LogP contribution in [0.5, 0.6) is 0 Å². The molecule has 2 saturated carbocycles. The van der Waals surface area contributed by atoms with E-state index in [9.17, 15) is 4.79 Å². The molecule has 0 atom stereocenters. The van der Waals surface area contributed by atoms with E-state index in [1.54, 1.807) is 0 Å². The number of amides is 1. The van der Waals surface area contributed by atoms with Crippen LogP contribution in [0.1, 0.15) is 37.7 Å². The second-order valence-electron chi connectivity index (χ2n) is 6.81. The Hall–Kier alpha value is -1.35. The largest absolute Gasteiger partial charge is 0.349 e. The van der Waals surface area contributed by atoms with Gasteiger partial charge in [0.05, 0.1) is 11.0 Å². The molecule has 1 aromatic rings. The lowest BCUT2D eigenvalue weighted by atomic mass is 9.94. The molecule has 3 nitrogen and oxygen atoms in total. The summed E-state index contributed by atoms with van der Waals surface area (Å²) >= 11 is 0. The summed E-state index contributed by atoms with van der Waals surface area (Å²) in [6.07, 6.45) is 5.63. The zero-order valence-corrected chi connectivity index (χ0v) is 11.9. The number of rotatable bonds is 5. The second kappa shape index (κ2) is 4.32. The zero-order valence-electron chi connectivity index (χ0n) is 11.9. The number of nitrogens with one attached hydrogen (secondary N) is 1. The van der Waals surface area contributed by atoms with Gasteiger partial charge in [0.25, 0.3) is 0 Å². The Morgan fingerprint density at radius 1 is 1.10 bits per heavy atom. The van der Waals surface area contributed by atoms with Crippen LogP contribution in [0, 0.1) is 0 Å². The summed E-state index contributed by atoms with van der Waals surface area (Å²) in [5, 5.41) is 3.39. The summed E-state index contributed by atoms with van der Waals surface area (Å²) in [6, 6.07) is 10.3. The maximum absolute atomic E-state index is 12.7. The molecule has 1 aliphatic heterocycles. The Kier molecular flexibility index (Phi) is 2.68. The molecule has 4 rings (SSSR count). The molecule has 20 heavy (non-hydrogen) atoms. The molecular weight excluding hydrogens is 248 g/mol. The van der Waals surface area contributed by atoms with Crippen LogP contribution in [0.2, 0.25) is 0 Å². The van der Waals surface area contributed by atoms with Gasteiger partial charge in [-0.2, -0.15) is 0 Å². The van der Waals surface area contributed by atoms with Crippen LogP contribution in [0.25, 0.3) is 0 Å². The van der Waals surface area contributed by atoms with Gasteiger partial charge < -0.3 is 10.2 Å². The molecule has 1 saturated heterocycles. The smallest absolute Gasteiger partial charge is 0.231 e. The Morgan fingerprint density at radius 3 is 2.30 bits per heavy atom. The number of carbonyl (C=O) groups is 1. The highest BCUT2D eigenvalue weighted by molar-refractivity contribution is 5.92. The van der Waals surface area contributed by atoms with Crippen molar-refractivity contribution in [2.45, 2.75) is 43.1 Å². The minimum absolute atomic E-state index is 0.0991. The van der Waals surface area contributed by atoms with Crippen LogP contribution in [0.3, 0.4) is 0 Å². The van der Waals surface area contributed by atoms with Gasteiger partial charge in [-0.15, -0.1) is 0 Å². The molecule has 3 heteroatoms. The molecule has 1 N–H and O–H groups in total. The second-order valence-corrected chi connectivity index (χ2v) is 6.81. The van der Waals surface area contributed by atoms with Crippen molar-refractivity contribution in [3.63, 3.8) is 0 Å². The highest BCUT2D eigenvalue weighted by Crippen LogP contribution is 2.49. The molecule has 0 radical (unpaired) electrons. The summed E-state index contributed by atoms with van der Waals surface area (Å²) in [7, 11) is 0. The van der Waals surface area contributed by atoms with Crippen molar-refractivity contribution in [3.05, 3.63) is 35.9 Å². The maximum Gasteiger partial charge on any atom is 0.231 e. The van der Waals surface area contributed by atoms with Gasteiger partial charge in [-0.25, -0.2) is 0 Å². The molecule has 0 unspecified atom stereocenters. The van der Waals surface area contributed by atoms with Gasteiger partial charge in [-0.1, -0.05) is 30.3 Å². The van der Waals surface area contributed by atoms with E-state index in [0.717, 1.165) is 32.2 Å². The van der Waals surface area contributed by atoms with E-state index in [1.807, 2.05) is 18.2 Å². The van der Waals surface area contributed by atoms with Crippen molar-refractivity contribution in [2.24, 2.45) is 0 Å². The third kappa shape index (κ3) is 2.05. The Morgan fingerprint density at radius 2 is 1.80 bits per heavy atom. The number of benzene rings is 1. The first-order valence-corrected chi connectivity index (χ1v) is 7.83. The van der Waals surface area contributed by atoms with Gasteiger partial charge in [0.1, 0.15) is 0 Å². The summed E-state index contributed by atoms with van der Waals surface area (Å²) in [5.74, 6) is 0.265. The minimum Gasteiger partial charge on any atom is -0.349 e. The first kappa shape index (κ1) is 12.4. The quantitative estimate of drug-likeness (QED) is 0.888. The number of carbonyl (C=O) groups excluding carboxylic acids is 1. The minimum atomic E-state index is -0.216. The van der Waals surface area contributed by atoms with Gasteiger partial charge in [0, 0.05) is 6.54 Å². The van der Waals surface area contributed by atoms with Crippen LogP contribution in [0.4, 0.5) is 0 Å². The molecule has 1 aromatic carbocycles. The lowest BCUT2D eigenvalue weighted by molar-refractivity contribution is -0.124. The SMILES string of the molecule is O=C(NC1(CN2CCC2)CC1)C1(c2ccccc2)CC1. The van der Waals surface area contributed by atoms with E-state index >= 15 is 0 Å². The lowest BCUT2D eigenvalue weighted by Gasteiger charge is -2.35. The first-order chi connectivity index (χ1) is 9.73. The summed E-state index contributed by atoms with van der Waals surface area (Å²) in [6.45, 7) is 3.48. The molecule has 1 amide bonds. The lowest BCUT2D eigenvalue weighted by Crippen LogP contribution is -2.52. The molecule has 2 aliphatic carbocycles. The molecule has 0 spiro atoms. The van der Waals surface area contributed by atoms with E-state index in [-0.39, 0.29) is 16.9 Å². The summed E-state index contributed by atoms with van der Waals surface area (Å²) < 4.78 is 0. The molecule has 3 aliphatic rings. The summed E-state index contributed by atoms with van der Waals surface area (Å²) in [5.41, 5.74) is 1.07. The number of hydrogen-bond donors (Lipinski definition) is 1. The fourth-order valence-corrected chi connectivity index (χ4v) is 3.33. The number of hydrogen-bond acceptors (Lipinski definition) is 2. The highest BCUT2D eigenvalue weighted by atomic mass is 16.2. The monoisotopic (exact) mass is 270 g/mol. The Labute approximate surface area is 120 Å². The van der Waals surface area contributed by atoms with E-state index in [2.05, 4.69) is 22.3 Å². The van der Waals surface area contributed by atoms with Crippen molar-refractivity contribution >= 4 is 5.91 Å². The molecule has 106 valence electrons. The normalized spacial score (nSPS) is 25.6. The fourth-order valence-electron chi connectivity index (χ4n) is 3.33. The Bertz CT molecular complexity index is 513. The van der Waals surface area contributed by atoms with E-state index in [1.165, 1.54) is 25.1 Å². The predicted molar refractivity (Wildman–Crippen MR) is 78.5 cm³/mol. The van der Waals surface area contributed by atoms with E-state index in [4.69, 9.17) is 0 Å². The van der Waals surface area contributed by atoms with Crippen LogP contribution < -0.4 is 5.32 Å². The van der Waals surface area contributed by atoms with Gasteiger partial charge in [-0.05, 0) is 50.8 Å². The predicted octanol–water partition coefficient (Wildman–Crippen LogP) is 2.07. The average Bonchev–Trinajstić information content (AvgIpc) is 3.31. The molecule has 0 bridgehead atoms. The third-order valence-electron chi connectivity index (χ3n) is 5.22. The summed E-state index contributed by atoms with van der Waals surface area (Å²) in [4.78, 5) is 15.2. The molecule has 1 heterocycles. The standard InChI is InChI=1S/C17H22N2O/c20-15(17(9-10-17)14-5-2-1-3-6-14)18-16(7-8-16)13-19-11-4-12-19/h1-3,5-6H,4,7-13H2,(H,18,20). The van der Waals surface area contributed by atoms with Crippen molar-refractivity contribution < 1.29 is 4.79 Å². The van der Waals surface area contributed by atoms with Crippen LogP contribution >= 0.6 is 0 Å². The van der Waals surface area contributed by atoms with E-state index in [0.29, 0.717) is 0 Å². The molecule has 0 aromatic heterocycles.